The molecule has 0 bridgehead atoms. The number of pyridine rings is 1. The molecule has 0 aliphatic carbocycles. The topological polar surface area (TPSA) is 111 Å². The number of benzene rings is 2. The van der Waals surface area contributed by atoms with Gasteiger partial charge in [-0.25, -0.2) is 0 Å². The Labute approximate surface area is 259 Å². The van der Waals surface area contributed by atoms with E-state index in [1.54, 1.807) is 0 Å². The van der Waals surface area contributed by atoms with E-state index in [4.69, 9.17) is 9.47 Å². The quantitative estimate of drug-likeness (QED) is 0.371. The Bertz CT molecular complexity index is 1600. The molecule has 2 aromatic carbocycles. The Morgan fingerprint density at radius 3 is 2.45 bits per heavy atom. The van der Waals surface area contributed by atoms with Gasteiger partial charge in [0.25, 0.3) is 11.5 Å². The first kappa shape index (κ1) is 31.5. The van der Waals surface area contributed by atoms with Crippen LogP contribution in [-0.2, 0) is 22.6 Å². The summed E-state index contributed by atoms with van der Waals surface area (Å²) in [6, 6.07) is 14.7. The molecular formula is C35H43N5O4. The minimum Gasteiger partial charge on any atom is -0.381 e. The molecule has 2 fully saturated rings. The molecule has 0 spiro atoms. The van der Waals surface area contributed by atoms with Crippen LogP contribution in [0, 0.1) is 32.1 Å². The number of aryl methyl sites for hydroxylation is 2. The zero-order chi connectivity index (χ0) is 31.2. The van der Waals surface area contributed by atoms with E-state index < -0.39 is 0 Å². The Hall–Kier alpha value is -3.97. The van der Waals surface area contributed by atoms with Crippen molar-refractivity contribution in [3.05, 3.63) is 85.8 Å². The van der Waals surface area contributed by atoms with Crippen LogP contribution in [0.4, 0.5) is 5.69 Å². The summed E-state index contributed by atoms with van der Waals surface area (Å²) in [6.07, 6.45) is 1.84. The summed E-state index contributed by atoms with van der Waals surface area (Å²) >= 11 is 0. The van der Waals surface area contributed by atoms with Crippen LogP contribution < -0.4 is 15.8 Å². The van der Waals surface area contributed by atoms with Crippen molar-refractivity contribution in [1.29, 1.82) is 5.26 Å². The molecule has 2 N–H and O–H groups in total. The number of amides is 1. The molecule has 9 nitrogen and oxygen atoms in total. The minimum atomic E-state index is -0.238. The van der Waals surface area contributed by atoms with E-state index in [9.17, 15) is 14.9 Å². The van der Waals surface area contributed by atoms with Crippen molar-refractivity contribution in [1.82, 2.24) is 15.2 Å². The number of rotatable bonds is 9. The molecule has 9 heteroatoms. The number of morpholine rings is 1. The highest BCUT2D eigenvalue weighted by Gasteiger charge is 2.25. The molecule has 1 amide bonds. The lowest BCUT2D eigenvalue weighted by molar-refractivity contribution is 0.0341. The summed E-state index contributed by atoms with van der Waals surface area (Å²) < 4.78 is 11.1. The maximum atomic E-state index is 13.8. The van der Waals surface area contributed by atoms with Crippen molar-refractivity contribution in [2.45, 2.75) is 59.7 Å². The van der Waals surface area contributed by atoms with Gasteiger partial charge in [-0.1, -0.05) is 12.1 Å². The first-order valence-electron chi connectivity index (χ1n) is 15.6. The van der Waals surface area contributed by atoms with E-state index in [-0.39, 0.29) is 18.0 Å². The number of carbonyl (C=O) groups is 1. The highest BCUT2D eigenvalue weighted by Crippen LogP contribution is 2.34. The number of hydrogen-bond acceptors (Lipinski definition) is 7. The number of carbonyl (C=O) groups excluding carboxylic acids is 1. The van der Waals surface area contributed by atoms with Crippen molar-refractivity contribution >= 4 is 11.6 Å². The van der Waals surface area contributed by atoms with Gasteiger partial charge in [0.1, 0.15) is 0 Å². The summed E-state index contributed by atoms with van der Waals surface area (Å²) in [4.78, 5) is 34.0. The van der Waals surface area contributed by atoms with E-state index in [2.05, 4.69) is 39.2 Å². The van der Waals surface area contributed by atoms with Gasteiger partial charge < -0.3 is 24.7 Å². The van der Waals surface area contributed by atoms with Gasteiger partial charge in [-0.3, -0.25) is 14.5 Å². The van der Waals surface area contributed by atoms with Gasteiger partial charge in [0.2, 0.25) is 0 Å². The zero-order valence-electron chi connectivity index (χ0n) is 26.3. The third-order valence-electron chi connectivity index (χ3n) is 8.89. The van der Waals surface area contributed by atoms with Crippen LogP contribution in [0.3, 0.4) is 0 Å². The van der Waals surface area contributed by atoms with E-state index in [0.29, 0.717) is 55.7 Å². The van der Waals surface area contributed by atoms with Gasteiger partial charge in [-0.05, 0) is 92.6 Å². The van der Waals surface area contributed by atoms with Crippen LogP contribution in [0.1, 0.15) is 63.6 Å². The fourth-order valence-electron chi connectivity index (χ4n) is 6.39. The standard InChI is InChI=1S/C35H43N5O4/c1-5-40(30-8-12-43-13-9-30)33-19-28(26-6-7-27(29(17-26)20-36)22-39-10-14-44-15-11-39)18-31(25(33)4)34(41)37-21-32-23(2)16-24(3)38-35(32)42/h6-7,16-19,30H,5,8-15,21-22H2,1-4H3,(H,37,41)(H,38,42). The maximum Gasteiger partial charge on any atom is 0.253 e. The third kappa shape index (κ3) is 7.05. The number of aromatic amines is 1. The number of nitrogens with zero attached hydrogens (tertiary/aromatic N) is 3. The molecule has 3 heterocycles. The van der Waals surface area contributed by atoms with Crippen molar-refractivity contribution in [2.24, 2.45) is 0 Å². The fourth-order valence-corrected chi connectivity index (χ4v) is 6.39. The highest BCUT2D eigenvalue weighted by molar-refractivity contribution is 5.99. The first-order chi connectivity index (χ1) is 21.3. The Balaban J connectivity index is 1.52. The van der Waals surface area contributed by atoms with Crippen molar-refractivity contribution in [3.63, 3.8) is 0 Å². The van der Waals surface area contributed by atoms with Gasteiger partial charge in [-0.15, -0.1) is 0 Å². The molecule has 2 saturated heterocycles. The normalized spacial score (nSPS) is 16.0. The zero-order valence-corrected chi connectivity index (χ0v) is 26.3. The molecule has 0 unspecified atom stereocenters. The molecule has 1 aromatic heterocycles. The van der Waals surface area contributed by atoms with E-state index >= 15 is 0 Å². The second-order valence-corrected chi connectivity index (χ2v) is 11.8. The number of anilines is 1. The fraction of sp³-hybridized carbons (Fsp3) is 0.457. The van der Waals surface area contributed by atoms with E-state index in [0.717, 1.165) is 71.7 Å². The number of aromatic nitrogens is 1. The van der Waals surface area contributed by atoms with Gasteiger partial charge in [0, 0.05) is 74.5 Å². The molecule has 232 valence electrons. The minimum absolute atomic E-state index is 0.131. The largest absolute Gasteiger partial charge is 0.381 e. The predicted octanol–water partition coefficient (Wildman–Crippen LogP) is 4.61. The lowest BCUT2D eigenvalue weighted by Crippen LogP contribution is -2.40. The molecule has 2 aliphatic heterocycles. The summed E-state index contributed by atoms with van der Waals surface area (Å²) in [6.45, 7) is 14.0. The summed E-state index contributed by atoms with van der Waals surface area (Å²) in [5.41, 5.74) is 7.81. The van der Waals surface area contributed by atoms with Crippen LogP contribution in [-0.4, -0.2) is 67.9 Å². The first-order valence-corrected chi connectivity index (χ1v) is 15.6. The Morgan fingerprint density at radius 2 is 1.77 bits per heavy atom. The smallest absolute Gasteiger partial charge is 0.253 e. The molecule has 0 saturated carbocycles. The number of hydrogen-bond donors (Lipinski definition) is 2. The van der Waals surface area contributed by atoms with Crippen LogP contribution in [0.2, 0.25) is 0 Å². The monoisotopic (exact) mass is 597 g/mol. The molecular weight excluding hydrogens is 554 g/mol. The summed E-state index contributed by atoms with van der Waals surface area (Å²) in [5.74, 6) is -0.238. The van der Waals surface area contributed by atoms with Crippen molar-refractivity contribution < 1.29 is 14.3 Å². The Morgan fingerprint density at radius 1 is 1.05 bits per heavy atom. The lowest BCUT2D eigenvalue weighted by Gasteiger charge is -2.37. The van der Waals surface area contributed by atoms with Crippen molar-refractivity contribution in [3.8, 4) is 17.2 Å². The van der Waals surface area contributed by atoms with Gasteiger partial charge in [-0.2, -0.15) is 5.26 Å². The number of nitrogens with one attached hydrogen (secondary N) is 2. The SMILES string of the molecule is CCN(c1cc(-c2ccc(CN3CCOCC3)c(C#N)c2)cc(C(=O)NCc2c(C)cc(C)[nH]c2=O)c1C)C1CCOCC1. The van der Waals surface area contributed by atoms with Crippen LogP contribution in [0.15, 0.2) is 41.2 Å². The predicted molar refractivity (Wildman–Crippen MR) is 172 cm³/mol. The van der Waals surface area contributed by atoms with Crippen LogP contribution >= 0.6 is 0 Å². The molecule has 5 rings (SSSR count). The molecule has 0 radical (unpaired) electrons. The van der Waals surface area contributed by atoms with E-state index in [1.807, 2.05) is 51.1 Å². The van der Waals surface area contributed by atoms with E-state index in [1.165, 1.54) is 0 Å². The molecule has 44 heavy (non-hydrogen) atoms. The van der Waals surface area contributed by atoms with Crippen LogP contribution in [0.25, 0.3) is 11.1 Å². The average Bonchev–Trinajstić information content (AvgIpc) is 3.03. The van der Waals surface area contributed by atoms with Gasteiger partial charge >= 0.3 is 0 Å². The average molecular weight is 598 g/mol. The summed E-state index contributed by atoms with van der Waals surface area (Å²) in [7, 11) is 0. The molecule has 0 atom stereocenters. The van der Waals surface area contributed by atoms with Gasteiger partial charge in [0.05, 0.1) is 24.8 Å². The Kier molecular flexibility index (Phi) is 10.2. The highest BCUT2D eigenvalue weighted by atomic mass is 16.5. The second kappa shape index (κ2) is 14.2. The van der Waals surface area contributed by atoms with Crippen LogP contribution in [0.5, 0.6) is 0 Å². The number of ether oxygens (including phenoxy) is 2. The summed E-state index contributed by atoms with van der Waals surface area (Å²) in [5, 5.41) is 13.1. The second-order valence-electron chi connectivity index (χ2n) is 11.8. The third-order valence-corrected chi connectivity index (χ3v) is 8.89. The lowest BCUT2D eigenvalue weighted by atomic mass is 9.93. The van der Waals surface area contributed by atoms with Gasteiger partial charge in [0.15, 0.2) is 0 Å². The number of H-pyrrole nitrogens is 1. The molecule has 3 aromatic rings. The molecule has 2 aliphatic rings. The number of nitriles is 1. The maximum absolute atomic E-state index is 13.8. The van der Waals surface area contributed by atoms with Crippen molar-refractivity contribution in [2.75, 3.05) is 51.0 Å².